The van der Waals surface area contributed by atoms with E-state index in [1.807, 2.05) is 0 Å². The van der Waals surface area contributed by atoms with Crippen LogP contribution in [0.1, 0.15) is 0 Å². The molecule has 0 atom stereocenters. The summed E-state index contributed by atoms with van der Waals surface area (Å²) < 4.78 is 6.78. The highest BCUT2D eigenvalue weighted by atomic mass is 28.3. The molecular weight excluding hydrogens is 851 g/mol. The smallest absolute Gasteiger partial charge is 0.180 e. The number of hydrogen-bond acceptors (Lipinski definition) is 2. The standard InChI is InChI=1S/C66H45NOSi/c1-4-20-47(21-5-1)56-31-16-17-35-61(56)67(62-36-19-37-63-65(62)60-43-40-48-22-10-13-32-57(48)66(60)68-63)51-41-38-46(39-42-51)49-24-18-29-54(44-49)69(52-25-6-2-7-26-52,53-27-8-3-9-28-53)64-45-50-23-11-12-30-55(50)58-33-14-15-34-59(58)64/h1-45H. The number of rotatable bonds is 9. The van der Waals surface area contributed by atoms with Gasteiger partial charge >= 0.3 is 0 Å². The molecule has 0 unspecified atom stereocenters. The topological polar surface area (TPSA) is 16.4 Å². The Labute approximate surface area is 402 Å². The first-order chi connectivity index (χ1) is 34.2. The Kier molecular flexibility index (Phi) is 9.88. The van der Waals surface area contributed by atoms with Gasteiger partial charge in [0.1, 0.15) is 11.2 Å². The summed E-state index contributed by atoms with van der Waals surface area (Å²) in [5.74, 6) is 0. The van der Waals surface area contributed by atoms with Crippen molar-refractivity contribution in [2.24, 2.45) is 0 Å². The number of para-hydroxylation sites is 1. The van der Waals surface area contributed by atoms with E-state index in [9.17, 15) is 0 Å². The molecule has 324 valence electrons. The Hall–Kier alpha value is -8.76. The number of furan rings is 1. The van der Waals surface area contributed by atoms with Gasteiger partial charge in [0.05, 0.1) is 16.8 Å². The lowest BCUT2D eigenvalue weighted by atomic mass is 10.00. The number of benzene rings is 12. The molecule has 0 saturated carbocycles. The van der Waals surface area contributed by atoms with Gasteiger partial charge < -0.3 is 9.32 Å². The molecule has 0 spiro atoms. The van der Waals surface area contributed by atoms with Crippen molar-refractivity contribution in [3.63, 3.8) is 0 Å². The molecule has 12 aromatic carbocycles. The van der Waals surface area contributed by atoms with Crippen LogP contribution < -0.4 is 25.6 Å². The van der Waals surface area contributed by atoms with E-state index in [0.29, 0.717) is 0 Å². The van der Waals surface area contributed by atoms with E-state index in [4.69, 9.17) is 4.42 Å². The largest absolute Gasteiger partial charge is 0.455 e. The molecule has 0 aliphatic carbocycles. The van der Waals surface area contributed by atoms with Gasteiger partial charge in [-0.05, 0) is 101 Å². The van der Waals surface area contributed by atoms with Gasteiger partial charge in [0, 0.05) is 22.0 Å². The maximum absolute atomic E-state index is 6.78. The summed E-state index contributed by atoms with van der Waals surface area (Å²) in [4.78, 5) is 2.42. The molecule has 0 saturated heterocycles. The maximum Gasteiger partial charge on any atom is 0.180 e. The van der Waals surface area contributed by atoms with Crippen molar-refractivity contribution >= 4 is 100 Å². The van der Waals surface area contributed by atoms with Crippen molar-refractivity contribution in [3.05, 3.63) is 273 Å². The summed E-state index contributed by atoms with van der Waals surface area (Å²) in [6, 6.07) is 100. The molecule has 0 bridgehead atoms. The minimum Gasteiger partial charge on any atom is -0.455 e. The molecule has 13 aromatic rings. The minimum absolute atomic E-state index is 0.859. The second-order valence-corrected chi connectivity index (χ2v) is 21.7. The van der Waals surface area contributed by atoms with Gasteiger partial charge in [0.2, 0.25) is 0 Å². The van der Waals surface area contributed by atoms with Crippen molar-refractivity contribution in [1.29, 1.82) is 0 Å². The third kappa shape index (κ3) is 6.70. The van der Waals surface area contributed by atoms with Crippen LogP contribution in [0.15, 0.2) is 277 Å². The lowest BCUT2D eigenvalue weighted by Crippen LogP contribution is -2.74. The first-order valence-electron chi connectivity index (χ1n) is 23.7. The van der Waals surface area contributed by atoms with E-state index in [0.717, 1.165) is 66.5 Å². The third-order valence-corrected chi connectivity index (χ3v) is 19.0. The van der Waals surface area contributed by atoms with Gasteiger partial charge in [0.15, 0.2) is 8.07 Å². The first kappa shape index (κ1) is 40.5. The fourth-order valence-electron chi connectivity index (χ4n) is 11.1. The highest BCUT2D eigenvalue weighted by Gasteiger charge is 2.43. The van der Waals surface area contributed by atoms with E-state index in [2.05, 4.69) is 278 Å². The normalized spacial score (nSPS) is 11.8. The monoisotopic (exact) mass is 895 g/mol. The zero-order valence-electron chi connectivity index (χ0n) is 37.8. The van der Waals surface area contributed by atoms with Crippen molar-refractivity contribution in [3.8, 4) is 22.3 Å². The van der Waals surface area contributed by atoms with E-state index in [1.165, 1.54) is 47.9 Å². The van der Waals surface area contributed by atoms with Crippen LogP contribution in [-0.4, -0.2) is 8.07 Å². The Morgan fingerprint density at radius 2 is 0.884 bits per heavy atom. The Balaban J connectivity index is 1.01. The van der Waals surface area contributed by atoms with Gasteiger partial charge in [-0.15, -0.1) is 0 Å². The van der Waals surface area contributed by atoms with Gasteiger partial charge in [-0.2, -0.15) is 0 Å². The molecule has 69 heavy (non-hydrogen) atoms. The lowest BCUT2D eigenvalue weighted by Gasteiger charge is -2.36. The van der Waals surface area contributed by atoms with Gasteiger partial charge in [0.25, 0.3) is 0 Å². The maximum atomic E-state index is 6.78. The number of hydrogen-bond donors (Lipinski definition) is 0. The van der Waals surface area contributed by atoms with E-state index >= 15 is 0 Å². The zero-order chi connectivity index (χ0) is 45.7. The molecule has 1 aromatic heterocycles. The summed E-state index contributed by atoms with van der Waals surface area (Å²) in [6.07, 6.45) is 0. The van der Waals surface area contributed by atoms with Crippen LogP contribution in [-0.2, 0) is 0 Å². The fourth-order valence-corrected chi connectivity index (χ4v) is 16.1. The first-order valence-corrected chi connectivity index (χ1v) is 25.7. The van der Waals surface area contributed by atoms with Gasteiger partial charge in [-0.1, -0.05) is 237 Å². The average molecular weight is 896 g/mol. The molecule has 0 amide bonds. The highest BCUT2D eigenvalue weighted by molar-refractivity contribution is 7.20. The molecular formula is C66H45NOSi. The molecule has 0 aliphatic heterocycles. The van der Waals surface area contributed by atoms with Crippen LogP contribution >= 0.6 is 0 Å². The van der Waals surface area contributed by atoms with Crippen LogP contribution in [0, 0.1) is 0 Å². The van der Waals surface area contributed by atoms with E-state index in [-0.39, 0.29) is 0 Å². The minimum atomic E-state index is -2.98. The third-order valence-electron chi connectivity index (χ3n) is 14.2. The Morgan fingerprint density at radius 1 is 0.319 bits per heavy atom. The van der Waals surface area contributed by atoms with Crippen LogP contribution in [0.25, 0.3) is 76.5 Å². The number of nitrogens with zero attached hydrogens (tertiary/aromatic N) is 1. The Morgan fingerprint density at radius 3 is 1.64 bits per heavy atom. The zero-order valence-corrected chi connectivity index (χ0v) is 38.8. The van der Waals surface area contributed by atoms with E-state index in [1.54, 1.807) is 0 Å². The Bertz CT molecular complexity index is 3970. The molecule has 0 radical (unpaired) electrons. The van der Waals surface area contributed by atoms with Crippen LogP contribution in [0.5, 0.6) is 0 Å². The van der Waals surface area contributed by atoms with Crippen molar-refractivity contribution in [1.82, 2.24) is 0 Å². The highest BCUT2D eigenvalue weighted by Crippen LogP contribution is 2.47. The second-order valence-electron chi connectivity index (χ2n) is 17.9. The lowest BCUT2D eigenvalue weighted by molar-refractivity contribution is 0.672. The molecule has 0 fully saturated rings. The molecule has 13 rings (SSSR count). The van der Waals surface area contributed by atoms with Crippen molar-refractivity contribution in [2.45, 2.75) is 0 Å². The number of fused-ring (bicyclic) bond motifs is 8. The number of anilines is 3. The van der Waals surface area contributed by atoms with Crippen molar-refractivity contribution < 1.29 is 4.42 Å². The summed E-state index contributed by atoms with van der Waals surface area (Å²) >= 11 is 0. The molecule has 2 nitrogen and oxygen atoms in total. The summed E-state index contributed by atoms with van der Waals surface area (Å²) in [7, 11) is -2.98. The molecule has 0 N–H and O–H groups in total. The second kappa shape index (κ2) is 16.8. The predicted molar refractivity (Wildman–Crippen MR) is 295 cm³/mol. The average Bonchev–Trinajstić information content (AvgIpc) is 3.83. The quantitative estimate of drug-likeness (QED) is 0.0815. The van der Waals surface area contributed by atoms with Gasteiger partial charge in [-0.3, -0.25) is 0 Å². The molecule has 3 heteroatoms. The van der Waals surface area contributed by atoms with E-state index < -0.39 is 8.07 Å². The summed E-state index contributed by atoms with van der Waals surface area (Å²) in [6.45, 7) is 0. The SMILES string of the molecule is c1ccc(-c2ccccc2N(c2ccc(-c3cccc([Si](c4ccccc4)(c4ccccc4)c4cc5ccccc5c5ccccc45)c3)cc2)c2cccc3oc4c5ccccc5ccc4c23)cc1. The summed E-state index contributed by atoms with van der Waals surface area (Å²) in [5, 5.41) is 15.0. The summed E-state index contributed by atoms with van der Waals surface area (Å²) in [5.41, 5.74) is 9.61. The molecule has 1 heterocycles. The fraction of sp³-hybridized carbons (Fsp3) is 0. The molecule has 0 aliphatic rings. The van der Waals surface area contributed by atoms with Crippen LogP contribution in [0.4, 0.5) is 17.1 Å². The van der Waals surface area contributed by atoms with Crippen molar-refractivity contribution in [2.75, 3.05) is 4.90 Å². The van der Waals surface area contributed by atoms with Crippen LogP contribution in [0.3, 0.4) is 0 Å². The van der Waals surface area contributed by atoms with Crippen LogP contribution in [0.2, 0.25) is 0 Å². The predicted octanol–water partition coefficient (Wildman–Crippen LogP) is 15.2. The van der Waals surface area contributed by atoms with Gasteiger partial charge in [-0.25, -0.2) is 0 Å².